The Morgan fingerprint density at radius 1 is 0.690 bits per heavy atom. The summed E-state index contributed by atoms with van der Waals surface area (Å²) >= 11 is 0. The van der Waals surface area contributed by atoms with Crippen molar-refractivity contribution in [1.82, 2.24) is 0 Å². The van der Waals surface area contributed by atoms with Crippen molar-refractivity contribution in [1.29, 1.82) is 0 Å². The summed E-state index contributed by atoms with van der Waals surface area (Å²) in [4.78, 5) is 12.0. The van der Waals surface area contributed by atoms with Crippen molar-refractivity contribution in [3.63, 3.8) is 0 Å². The lowest BCUT2D eigenvalue weighted by molar-refractivity contribution is -0.118. The van der Waals surface area contributed by atoms with Gasteiger partial charge in [-0.25, -0.2) is 0 Å². The van der Waals surface area contributed by atoms with Crippen molar-refractivity contribution >= 4 is 11.6 Å². The van der Waals surface area contributed by atoms with Crippen molar-refractivity contribution in [2.45, 2.75) is 0 Å². The largest absolute Gasteiger partial charge is 0.497 e. The quantitative estimate of drug-likeness (QED) is 0.524. The number of carbonyl (C=O) groups excluding carboxylic acids is 1. The zero-order valence-electron chi connectivity index (χ0n) is 16.2. The van der Waals surface area contributed by atoms with Gasteiger partial charge in [0.05, 0.1) is 7.11 Å². The predicted octanol–water partition coefficient (Wildman–Crippen LogP) is 4.17. The first-order valence-electron chi connectivity index (χ1n) is 9.20. The summed E-state index contributed by atoms with van der Waals surface area (Å²) in [5, 5.41) is 2.78. The van der Waals surface area contributed by atoms with Crippen molar-refractivity contribution in [3.8, 4) is 23.0 Å². The van der Waals surface area contributed by atoms with Gasteiger partial charge in [0.1, 0.15) is 36.2 Å². The van der Waals surface area contributed by atoms with Crippen LogP contribution in [-0.4, -0.2) is 32.8 Å². The zero-order chi connectivity index (χ0) is 20.3. The molecule has 0 radical (unpaired) electrons. The van der Waals surface area contributed by atoms with Crippen molar-refractivity contribution < 1.29 is 23.7 Å². The average Bonchev–Trinajstić information content (AvgIpc) is 2.77. The van der Waals surface area contributed by atoms with E-state index in [0.29, 0.717) is 30.4 Å². The molecule has 29 heavy (non-hydrogen) atoms. The third kappa shape index (κ3) is 6.77. The average molecular weight is 393 g/mol. The highest BCUT2D eigenvalue weighted by atomic mass is 16.5. The Morgan fingerprint density at radius 3 is 1.83 bits per heavy atom. The fraction of sp³-hybridized carbons (Fsp3) is 0.174. The van der Waals surface area contributed by atoms with Gasteiger partial charge in [-0.15, -0.1) is 0 Å². The van der Waals surface area contributed by atoms with Crippen molar-refractivity contribution in [2.24, 2.45) is 0 Å². The number of rotatable bonds is 10. The molecule has 1 N–H and O–H groups in total. The van der Waals surface area contributed by atoms with E-state index in [-0.39, 0.29) is 12.5 Å². The van der Waals surface area contributed by atoms with Gasteiger partial charge in [0, 0.05) is 5.69 Å². The second kappa shape index (κ2) is 10.6. The van der Waals surface area contributed by atoms with Crippen LogP contribution in [0.1, 0.15) is 0 Å². The van der Waals surface area contributed by atoms with E-state index in [0.717, 1.165) is 11.5 Å². The van der Waals surface area contributed by atoms with Crippen LogP contribution >= 0.6 is 0 Å². The summed E-state index contributed by atoms with van der Waals surface area (Å²) in [6.45, 7) is 0.795. The van der Waals surface area contributed by atoms with Crippen LogP contribution in [-0.2, 0) is 4.79 Å². The van der Waals surface area contributed by atoms with E-state index >= 15 is 0 Å². The SMILES string of the molecule is COc1ccc(OCC(=O)Nc2ccc(OCCOc3ccccc3)cc2)cc1. The van der Waals surface area contributed by atoms with E-state index in [1.807, 2.05) is 30.3 Å². The third-order valence-corrected chi connectivity index (χ3v) is 3.93. The van der Waals surface area contributed by atoms with Gasteiger partial charge in [-0.1, -0.05) is 18.2 Å². The second-order valence-electron chi connectivity index (χ2n) is 6.05. The van der Waals surface area contributed by atoms with Crippen LogP contribution in [0.15, 0.2) is 78.9 Å². The Morgan fingerprint density at radius 2 is 1.21 bits per heavy atom. The molecule has 3 aromatic rings. The Labute approximate surface area is 170 Å². The number of amides is 1. The smallest absolute Gasteiger partial charge is 0.262 e. The van der Waals surface area contributed by atoms with Crippen LogP contribution in [0.2, 0.25) is 0 Å². The van der Waals surface area contributed by atoms with Crippen LogP contribution in [0.3, 0.4) is 0 Å². The van der Waals surface area contributed by atoms with E-state index in [9.17, 15) is 4.79 Å². The molecule has 0 aliphatic heterocycles. The fourth-order valence-electron chi connectivity index (χ4n) is 2.49. The molecule has 0 saturated carbocycles. The first kappa shape index (κ1) is 20.1. The molecule has 1 amide bonds. The highest BCUT2D eigenvalue weighted by Gasteiger charge is 2.05. The van der Waals surface area contributed by atoms with Crippen LogP contribution in [0, 0.1) is 0 Å². The highest BCUT2D eigenvalue weighted by Crippen LogP contribution is 2.18. The maximum Gasteiger partial charge on any atom is 0.262 e. The lowest BCUT2D eigenvalue weighted by Gasteiger charge is -2.10. The Kier molecular flexibility index (Phi) is 7.34. The molecule has 0 spiro atoms. The molecule has 0 heterocycles. The minimum Gasteiger partial charge on any atom is -0.497 e. The van der Waals surface area contributed by atoms with Gasteiger partial charge in [-0.2, -0.15) is 0 Å². The number of hydrogen-bond acceptors (Lipinski definition) is 5. The minimum atomic E-state index is -0.245. The summed E-state index contributed by atoms with van der Waals surface area (Å²) in [6, 6.07) is 23.8. The van der Waals surface area contributed by atoms with Crippen LogP contribution in [0.5, 0.6) is 23.0 Å². The number of nitrogens with one attached hydrogen (secondary N) is 1. The van der Waals surface area contributed by atoms with Crippen molar-refractivity contribution in [3.05, 3.63) is 78.9 Å². The van der Waals surface area contributed by atoms with E-state index in [4.69, 9.17) is 18.9 Å². The third-order valence-electron chi connectivity index (χ3n) is 3.93. The fourth-order valence-corrected chi connectivity index (χ4v) is 2.49. The van der Waals surface area contributed by atoms with Gasteiger partial charge in [0.15, 0.2) is 6.61 Å². The van der Waals surface area contributed by atoms with Gasteiger partial charge in [-0.3, -0.25) is 4.79 Å². The summed E-state index contributed by atoms with van der Waals surface area (Å²) in [5.74, 6) is 2.60. The van der Waals surface area contributed by atoms with Crippen LogP contribution in [0.25, 0.3) is 0 Å². The van der Waals surface area contributed by atoms with E-state index in [2.05, 4.69) is 5.32 Å². The molecule has 0 bridgehead atoms. The second-order valence-corrected chi connectivity index (χ2v) is 6.05. The predicted molar refractivity (Wildman–Crippen MR) is 111 cm³/mol. The lowest BCUT2D eigenvalue weighted by atomic mass is 10.3. The first-order valence-corrected chi connectivity index (χ1v) is 9.20. The monoisotopic (exact) mass is 393 g/mol. The molecule has 6 nitrogen and oxygen atoms in total. The van der Waals surface area contributed by atoms with E-state index < -0.39 is 0 Å². The van der Waals surface area contributed by atoms with Crippen molar-refractivity contribution in [2.75, 3.05) is 32.2 Å². The molecule has 0 saturated heterocycles. The molecular weight excluding hydrogens is 370 g/mol. The highest BCUT2D eigenvalue weighted by molar-refractivity contribution is 5.91. The van der Waals surface area contributed by atoms with Gasteiger partial charge in [0.25, 0.3) is 5.91 Å². The molecule has 3 aromatic carbocycles. The maximum absolute atomic E-state index is 12.0. The zero-order valence-corrected chi connectivity index (χ0v) is 16.2. The van der Waals surface area contributed by atoms with Gasteiger partial charge < -0.3 is 24.3 Å². The molecule has 3 rings (SSSR count). The Bertz CT molecular complexity index is 879. The lowest BCUT2D eigenvalue weighted by Crippen LogP contribution is -2.20. The Hall–Kier alpha value is -3.67. The number of carbonyl (C=O) groups is 1. The standard InChI is InChI=1S/C23H23NO5/c1-26-19-11-13-22(14-12-19)29-17-23(25)24-18-7-9-21(10-8-18)28-16-15-27-20-5-3-2-4-6-20/h2-14H,15-17H2,1H3,(H,24,25). The van der Waals surface area contributed by atoms with Gasteiger partial charge >= 0.3 is 0 Å². The molecule has 0 aliphatic carbocycles. The maximum atomic E-state index is 12.0. The van der Waals surface area contributed by atoms with Crippen LogP contribution < -0.4 is 24.3 Å². The molecule has 0 aromatic heterocycles. The number of benzene rings is 3. The molecule has 150 valence electrons. The summed E-state index contributed by atoms with van der Waals surface area (Å²) in [7, 11) is 1.60. The normalized spacial score (nSPS) is 10.1. The number of hydrogen-bond donors (Lipinski definition) is 1. The molecule has 0 unspecified atom stereocenters. The summed E-state index contributed by atoms with van der Waals surface area (Å²) in [6.07, 6.45) is 0. The molecular formula is C23H23NO5. The number of ether oxygens (including phenoxy) is 4. The first-order chi connectivity index (χ1) is 14.2. The number of anilines is 1. The number of para-hydroxylation sites is 1. The Balaban J connectivity index is 1.37. The topological polar surface area (TPSA) is 66.0 Å². The molecule has 0 aliphatic rings. The van der Waals surface area contributed by atoms with Crippen LogP contribution in [0.4, 0.5) is 5.69 Å². The molecule has 0 atom stereocenters. The summed E-state index contributed by atoms with van der Waals surface area (Å²) < 4.78 is 21.8. The van der Waals surface area contributed by atoms with E-state index in [1.165, 1.54) is 0 Å². The molecule has 0 fully saturated rings. The summed E-state index contributed by atoms with van der Waals surface area (Å²) in [5.41, 5.74) is 0.668. The van der Waals surface area contributed by atoms with Gasteiger partial charge in [0.2, 0.25) is 0 Å². The molecule has 6 heteroatoms. The number of methoxy groups -OCH3 is 1. The van der Waals surface area contributed by atoms with Gasteiger partial charge in [-0.05, 0) is 60.7 Å². The van der Waals surface area contributed by atoms with E-state index in [1.54, 1.807) is 55.6 Å². The minimum absolute atomic E-state index is 0.0819.